The first-order valence-electron chi connectivity index (χ1n) is 9.68. The Morgan fingerprint density at radius 1 is 1.14 bits per heavy atom. The lowest BCUT2D eigenvalue weighted by molar-refractivity contribution is 0.0422. The minimum Gasteiger partial charge on any atom is -0.370 e. The van der Waals surface area contributed by atoms with Crippen molar-refractivity contribution >= 4 is 5.91 Å². The minimum absolute atomic E-state index is 0.0589. The standard InChI is InChI=1S/C23H25N3O2/c1-17-14-22(18(2)26(17)20-9-4-3-5-10-20)23(27)25-13-11-21(15-25)28-16-19-8-6-7-12-24-19/h3-10,12,14,21H,11,13,15-16H2,1-2H3. The second kappa shape index (κ2) is 7.98. The number of para-hydroxylation sites is 1. The third-order valence-corrected chi connectivity index (χ3v) is 5.30. The van der Waals surface area contributed by atoms with Gasteiger partial charge in [0.1, 0.15) is 0 Å². The molecule has 0 radical (unpaired) electrons. The van der Waals surface area contributed by atoms with Gasteiger partial charge in [-0.05, 0) is 50.6 Å². The van der Waals surface area contributed by atoms with Gasteiger partial charge in [-0.2, -0.15) is 0 Å². The van der Waals surface area contributed by atoms with Crippen LogP contribution < -0.4 is 0 Å². The number of benzene rings is 1. The normalized spacial score (nSPS) is 16.5. The summed E-state index contributed by atoms with van der Waals surface area (Å²) in [5.41, 5.74) is 4.81. The summed E-state index contributed by atoms with van der Waals surface area (Å²) >= 11 is 0. The average Bonchev–Trinajstić information content (AvgIpc) is 3.32. The van der Waals surface area contributed by atoms with Crippen LogP contribution in [0.5, 0.6) is 0 Å². The average molecular weight is 375 g/mol. The van der Waals surface area contributed by atoms with Gasteiger partial charge in [-0.25, -0.2) is 0 Å². The molecular weight excluding hydrogens is 350 g/mol. The highest BCUT2D eigenvalue weighted by molar-refractivity contribution is 5.96. The minimum atomic E-state index is 0.0589. The Bertz CT molecular complexity index is 951. The van der Waals surface area contributed by atoms with Crippen LogP contribution in [0.1, 0.15) is 33.9 Å². The molecule has 3 heterocycles. The first-order valence-corrected chi connectivity index (χ1v) is 9.68. The Morgan fingerprint density at radius 3 is 2.68 bits per heavy atom. The molecule has 3 aromatic rings. The highest BCUT2D eigenvalue weighted by Crippen LogP contribution is 2.24. The number of pyridine rings is 1. The molecular formula is C23H25N3O2. The number of nitrogens with zero attached hydrogens (tertiary/aromatic N) is 3. The summed E-state index contributed by atoms with van der Waals surface area (Å²) in [4.78, 5) is 19.3. The van der Waals surface area contributed by atoms with Crippen molar-refractivity contribution in [3.63, 3.8) is 0 Å². The summed E-state index contributed by atoms with van der Waals surface area (Å²) in [6.45, 7) is 5.88. The van der Waals surface area contributed by atoms with Gasteiger partial charge in [0.25, 0.3) is 5.91 Å². The molecule has 1 aliphatic rings. The van der Waals surface area contributed by atoms with Crippen LogP contribution in [0.4, 0.5) is 0 Å². The first kappa shape index (κ1) is 18.4. The Morgan fingerprint density at radius 2 is 1.93 bits per heavy atom. The van der Waals surface area contributed by atoms with Crippen molar-refractivity contribution < 1.29 is 9.53 Å². The molecule has 0 N–H and O–H groups in total. The molecule has 1 aromatic carbocycles. The van der Waals surface area contributed by atoms with Crippen LogP contribution >= 0.6 is 0 Å². The molecule has 5 heteroatoms. The predicted octanol–water partition coefficient (Wildman–Crippen LogP) is 3.92. The summed E-state index contributed by atoms with van der Waals surface area (Å²) in [5.74, 6) is 0.0826. The number of aromatic nitrogens is 2. The van der Waals surface area contributed by atoms with Crippen molar-refractivity contribution in [3.8, 4) is 5.69 Å². The van der Waals surface area contributed by atoms with Crippen LogP contribution in [0.25, 0.3) is 5.69 Å². The van der Waals surface area contributed by atoms with Gasteiger partial charge in [-0.15, -0.1) is 0 Å². The number of aryl methyl sites for hydroxylation is 1. The highest BCUT2D eigenvalue weighted by atomic mass is 16.5. The number of ether oxygens (including phenoxy) is 1. The number of carbonyl (C=O) groups excluding carboxylic acids is 1. The molecule has 0 saturated carbocycles. The molecule has 1 fully saturated rings. The Labute approximate surface area is 165 Å². The number of carbonyl (C=O) groups is 1. The van der Waals surface area contributed by atoms with Crippen molar-refractivity contribution in [3.05, 3.63) is 83.4 Å². The SMILES string of the molecule is Cc1cc(C(=O)N2CCC(OCc3ccccn3)C2)c(C)n1-c1ccccc1. The maximum Gasteiger partial charge on any atom is 0.255 e. The molecule has 1 atom stereocenters. The number of hydrogen-bond acceptors (Lipinski definition) is 3. The second-order valence-corrected chi connectivity index (χ2v) is 7.25. The van der Waals surface area contributed by atoms with E-state index in [0.717, 1.165) is 41.3 Å². The summed E-state index contributed by atoms with van der Waals surface area (Å²) < 4.78 is 8.11. The van der Waals surface area contributed by atoms with Gasteiger partial charge in [0, 0.05) is 36.4 Å². The van der Waals surface area contributed by atoms with Gasteiger partial charge in [0.15, 0.2) is 0 Å². The van der Waals surface area contributed by atoms with E-state index >= 15 is 0 Å². The summed E-state index contributed by atoms with van der Waals surface area (Å²) in [5, 5.41) is 0. The lowest BCUT2D eigenvalue weighted by atomic mass is 10.2. The van der Waals surface area contributed by atoms with Crippen molar-refractivity contribution in [2.45, 2.75) is 33.0 Å². The smallest absolute Gasteiger partial charge is 0.255 e. The number of hydrogen-bond donors (Lipinski definition) is 0. The molecule has 1 unspecified atom stereocenters. The Hall–Kier alpha value is -2.92. The molecule has 1 amide bonds. The molecule has 0 bridgehead atoms. The third kappa shape index (κ3) is 3.71. The monoisotopic (exact) mass is 375 g/mol. The van der Waals surface area contributed by atoms with Crippen molar-refractivity contribution in [1.82, 2.24) is 14.5 Å². The van der Waals surface area contributed by atoms with Gasteiger partial charge in [0.2, 0.25) is 0 Å². The molecule has 1 saturated heterocycles. The van der Waals surface area contributed by atoms with Gasteiger partial charge in [-0.3, -0.25) is 9.78 Å². The summed E-state index contributed by atoms with van der Waals surface area (Å²) in [6, 6.07) is 17.9. The topological polar surface area (TPSA) is 47.4 Å². The van der Waals surface area contributed by atoms with Gasteiger partial charge < -0.3 is 14.2 Å². The lowest BCUT2D eigenvalue weighted by Crippen LogP contribution is -2.30. The second-order valence-electron chi connectivity index (χ2n) is 7.25. The van der Waals surface area contributed by atoms with Crippen LogP contribution in [0.15, 0.2) is 60.8 Å². The van der Waals surface area contributed by atoms with E-state index in [4.69, 9.17) is 4.74 Å². The van der Waals surface area contributed by atoms with Crippen LogP contribution in [0, 0.1) is 13.8 Å². The largest absolute Gasteiger partial charge is 0.370 e. The maximum atomic E-state index is 13.1. The zero-order valence-electron chi connectivity index (χ0n) is 16.3. The van der Waals surface area contributed by atoms with Crippen LogP contribution in [0.3, 0.4) is 0 Å². The van der Waals surface area contributed by atoms with Crippen LogP contribution in [-0.4, -0.2) is 39.6 Å². The van der Waals surface area contributed by atoms with Gasteiger partial charge in [0.05, 0.1) is 24.0 Å². The highest BCUT2D eigenvalue weighted by Gasteiger charge is 2.29. The molecule has 28 heavy (non-hydrogen) atoms. The van der Waals surface area contributed by atoms with E-state index in [9.17, 15) is 4.79 Å². The molecule has 1 aliphatic heterocycles. The number of amides is 1. The molecule has 2 aromatic heterocycles. The van der Waals surface area contributed by atoms with Crippen molar-refractivity contribution in [2.24, 2.45) is 0 Å². The molecule has 0 spiro atoms. The van der Waals surface area contributed by atoms with E-state index < -0.39 is 0 Å². The Balaban J connectivity index is 1.44. The fraction of sp³-hybridized carbons (Fsp3) is 0.304. The predicted molar refractivity (Wildman–Crippen MR) is 109 cm³/mol. The van der Waals surface area contributed by atoms with E-state index in [0.29, 0.717) is 13.2 Å². The quantitative estimate of drug-likeness (QED) is 0.679. The van der Waals surface area contributed by atoms with E-state index in [1.54, 1.807) is 6.20 Å². The van der Waals surface area contributed by atoms with E-state index in [2.05, 4.69) is 21.7 Å². The first-order chi connectivity index (χ1) is 13.6. The van der Waals surface area contributed by atoms with Crippen molar-refractivity contribution in [2.75, 3.05) is 13.1 Å². The lowest BCUT2D eigenvalue weighted by Gasteiger charge is -2.17. The number of rotatable bonds is 5. The molecule has 5 nitrogen and oxygen atoms in total. The summed E-state index contributed by atoms with van der Waals surface area (Å²) in [6.07, 6.45) is 2.69. The fourth-order valence-electron chi connectivity index (χ4n) is 3.86. The van der Waals surface area contributed by atoms with Crippen molar-refractivity contribution in [1.29, 1.82) is 0 Å². The zero-order chi connectivity index (χ0) is 19.5. The third-order valence-electron chi connectivity index (χ3n) is 5.30. The van der Waals surface area contributed by atoms with Gasteiger partial charge in [-0.1, -0.05) is 24.3 Å². The zero-order valence-corrected chi connectivity index (χ0v) is 16.3. The number of likely N-dealkylation sites (tertiary alicyclic amines) is 1. The summed E-state index contributed by atoms with van der Waals surface area (Å²) in [7, 11) is 0. The fourth-order valence-corrected chi connectivity index (χ4v) is 3.86. The molecule has 144 valence electrons. The van der Waals surface area contributed by atoms with E-state index in [1.165, 1.54) is 0 Å². The van der Waals surface area contributed by atoms with Gasteiger partial charge >= 0.3 is 0 Å². The van der Waals surface area contributed by atoms with E-state index in [-0.39, 0.29) is 12.0 Å². The molecule has 4 rings (SSSR count). The molecule has 0 aliphatic carbocycles. The van der Waals surface area contributed by atoms with Crippen LogP contribution in [0.2, 0.25) is 0 Å². The maximum absolute atomic E-state index is 13.1. The van der Waals surface area contributed by atoms with E-state index in [1.807, 2.05) is 61.2 Å². The van der Waals surface area contributed by atoms with Crippen LogP contribution in [-0.2, 0) is 11.3 Å². The Kier molecular flexibility index (Phi) is 5.26.